The monoisotopic (exact) mass is 369 g/mol. The highest BCUT2D eigenvalue weighted by Crippen LogP contribution is 2.37. The number of anilines is 1. The lowest BCUT2D eigenvalue weighted by molar-refractivity contribution is 0.354. The van der Waals surface area contributed by atoms with Gasteiger partial charge in [0, 0.05) is 11.4 Å². The number of thiophene rings is 1. The van der Waals surface area contributed by atoms with Gasteiger partial charge in [0.15, 0.2) is 11.5 Å². The van der Waals surface area contributed by atoms with E-state index in [1.807, 2.05) is 29.5 Å². The minimum Gasteiger partial charge on any atom is -0.493 e. The topological polar surface area (TPSA) is 56.3 Å². The summed E-state index contributed by atoms with van der Waals surface area (Å²) < 4.78 is 10.7. The number of hydrogen-bond acceptors (Lipinski definition) is 6. The Morgan fingerprint density at radius 2 is 1.88 bits per heavy atom. The second-order valence-electron chi connectivity index (χ2n) is 6.51. The fourth-order valence-corrected chi connectivity index (χ4v) is 4.81. The summed E-state index contributed by atoms with van der Waals surface area (Å²) in [4.78, 5) is 11.6. The molecule has 0 saturated heterocycles. The van der Waals surface area contributed by atoms with E-state index in [1.54, 1.807) is 20.5 Å². The predicted molar refractivity (Wildman–Crippen MR) is 106 cm³/mol. The number of benzene rings is 1. The molecule has 5 nitrogen and oxygen atoms in total. The smallest absolute Gasteiger partial charge is 0.161 e. The largest absolute Gasteiger partial charge is 0.493 e. The van der Waals surface area contributed by atoms with Gasteiger partial charge in [0.25, 0.3) is 0 Å². The number of nitrogens with one attached hydrogen (secondary N) is 1. The molecule has 0 fully saturated rings. The minimum atomic E-state index is 0.678. The average Bonchev–Trinajstić information content (AvgIpc) is 2.88. The van der Waals surface area contributed by atoms with Crippen LogP contribution in [0.15, 0.2) is 24.5 Å². The van der Waals surface area contributed by atoms with Gasteiger partial charge in [0.2, 0.25) is 0 Å². The van der Waals surface area contributed by atoms with Crippen LogP contribution >= 0.6 is 11.3 Å². The van der Waals surface area contributed by atoms with E-state index in [0.717, 1.165) is 34.1 Å². The molecule has 3 aromatic rings. The van der Waals surface area contributed by atoms with Gasteiger partial charge in [0.1, 0.15) is 17.0 Å². The van der Waals surface area contributed by atoms with Crippen molar-refractivity contribution in [2.75, 3.05) is 19.5 Å². The molecule has 0 spiro atoms. The molecule has 2 aromatic heterocycles. The summed E-state index contributed by atoms with van der Waals surface area (Å²) in [5, 5.41) is 4.73. The lowest BCUT2D eigenvalue weighted by Gasteiger charge is -2.11. The van der Waals surface area contributed by atoms with Crippen molar-refractivity contribution in [1.82, 2.24) is 9.97 Å². The van der Waals surface area contributed by atoms with E-state index in [4.69, 9.17) is 9.47 Å². The molecule has 26 heavy (non-hydrogen) atoms. The van der Waals surface area contributed by atoms with Crippen LogP contribution in [0, 0.1) is 0 Å². The van der Waals surface area contributed by atoms with E-state index in [2.05, 4.69) is 15.3 Å². The maximum Gasteiger partial charge on any atom is 0.161 e. The third-order valence-electron chi connectivity index (χ3n) is 4.91. The van der Waals surface area contributed by atoms with Crippen molar-refractivity contribution in [3.05, 3.63) is 40.5 Å². The lowest BCUT2D eigenvalue weighted by Crippen LogP contribution is -2.03. The van der Waals surface area contributed by atoms with Crippen molar-refractivity contribution in [3.8, 4) is 11.5 Å². The van der Waals surface area contributed by atoms with E-state index < -0.39 is 0 Å². The Hall–Kier alpha value is -2.34. The van der Waals surface area contributed by atoms with Crippen LogP contribution < -0.4 is 14.8 Å². The average molecular weight is 369 g/mol. The molecule has 2 heterocycles. The SMILES string of the molecule is COc1ccc(CNc2ncnc3sc4c(c23)CCCCC4)cc1OC. The molecule has 1 aliphatic rings. The Morgan fingerprint density at radius 1 is 1.04 bits per heavy atom. The van der Waals surface area contributed by atoms with E-state index in [0.29, 0.717) is 6.54 Å². The van der Waals surface area contributed by atoms with Crippen LogP contribution in [0.4, 0.5) is 5.82 Å². The van der Waals surface area contributed by atoms with Crippen molar-refractivity contribution in [2.24, 2.45) is 0 Å². The minimum absolute atomic E-state index is 0.678. The molecule has 0 atom stereocenters. The lowest BCUT2D eigenvalue weighted by atomic mass is 10.1. The number of hydrogen-bond donors (Lipinski definition) is 1. The van der Waals surface area contributed by atoms with E-state index >= 15 is 0 Å². The zero-order valence-electron chi connectivity index (χ0n) is 15.2. The molecule has 1 aromatic carbocycles. The van der Waals surface area contributed by atoms with Crippen molar-refractivity contribution < 1.29 is 9.47 Å². The Bertz CT molecular complexity index is 923. The molecule has 0 unspecified atom stereocenters. The number of methoxy groups -OCH3 is 2. The fourth-order valence-electron chi connectivity index (χ4n) is 3.58. The van der Waals surface area contributed by atoms with Gasteiger partial charge >= 0.3 is 0 Å². The van der Waals surface area contributed by atoms with Crippen LogP contribution in [0.3, 0.4) is 0 Å². The number of ether oxygens (including phenoxy) is 2. The third kappa shape index (κ3) is 3.21. The second kappa shape index (κ2) is 7.50. The van der Waals surface area contributed by atoms with Gasteiger partial charge in [-0.25, -0.2) is 9.97 Å². The van der Waals surface area contributed by atoms with Gasteiger partial charge in [0.05, 0.1) is 19.6 Å². The highest BCUT2D eigenvalue weighted by Gasteiger charge is 2.19. The van der Waals surface area contributed by atoms with Crippen LogP contribution in [-0.4, -0.2) is 24.2 Å². The standard InChI is InChI=1S/C20H23N3O2S/c1-24-15-9-8-13(10-16(15)25-2)11-21-19-18-14-6-4-3-5-7-17(14)26-20(18)23-12-22-19/h8-10,12H,3-7,11H2,1-2H3,(H,21,22,23). The molecule has 0 amide bonds. The van der Waals surface area contributed by atoms with Gasteiger partial charge in [-0.1, -0.05) is 12.5 Å². The zero-order chi connectivity index (χ0) is 17.9. The molecule has 0 aliphatic heterocycles. The summed E-state index contributed by atoms with van der Waals surface area (Å²) in [6.45, 7) is 0.678. The van der Waals surface area contributed by atoms with Crippen molar-refractivity contribution in [2.45, 2.75) is 38.6 Å². The molecule has 6 heteroatoms. The molecule has 1 N–H and O–H groups in total. The van der Waals surface area contributed by atoms with Gasteiger partial charge in [-0.3, -0.25) is 0 Å². The molecule has 4 rings (SSSR count). The van der Waals surface area contributed by atoms with E-state index in [1.165, 1.54) is 41.5 Å². The number of nitrogens with zero attached hydrogens (tertiary/aromatic N) is 2. The quantitative estimate of drug-likeness (QED) is 0.667. The number of rotatable bonds is 5. The summed E-state index contributed by atoms with van der Waals surface area (Å²) in [5.74, 6) is 2.41. The van der Waals surface area contributed by atoms with Crippen molar-refractivity contribution in [3.63, 3.8) is 0 Å². The highest BCUT2D eigenvalue weighted by atomic mass is 32.1. The highest BCUT2D eigenvalue weighted by molar-refractivity contribution is 7.18. The summed E-state index contributed by atoms with van der Waals surface area (Å²) >= 11 is 1.83. The molecule has 136 valence electrons. The van der Waals surface area contributed by atoms with E-state index in [-0.39, 0.29) is 0 Å². The fraction of sp³-hybridized carbons (Fsp3) is 0.400. The van der Waals surface area contributed by atoms with Crippen LogP contribution in [0.25, 0.3) is 10.2 Å². The molecule has 0 saturated carbocycles. The van der Waals surface area contributed by atoms with Gasteiger partial charge < -0.3 is 14.8 Å². The normalized spacial score (nSPS) is 13.9. The summed E-state index contributed by atoms with van der Waals surface area (Å²) in [7, 11) is 3.30. The first-order chi connectivity index (χ1) is 12.8. The first-order valence-electron chi connectivity index (χ1n) is 9.00. The molecular weight excluding hydrogens is 346 g/mol. The van der Waals surface area contributed by atoms with Gasteiger partial charge in [-0.05, 0) is 48.9 Å². The van der Waals surface area contributed by atoms with Crippen molar-refractivity contribution >= 4 is 27.4 Å². The molecule has 1 aliphatic carbocycles. The van der Waals surface area contributed by atoms with Gasteiger partial charge in [-0.15, -0.1) is 11.3 Å². The van der Waals surface area contributed by atoms with Crippen molar-refractivity contribution in [1.29, 1.82) is 0 Å². The third-order valence-corrected chi connectivity index (χ3v) is 6.11. The van der Waals surface area contributed by atoms with Crippen LogP contribution in [0.1, 0.15) is 35.3 Å². The Morgan fingerprint density at radius 3 is 2.73 bits per heavy atom. The Balaban J connectivity index is 1.62. The summed E-state index contributed by atoms with van der Waals surface area (Å²) in [6.07, 6.45) is 7.81. The van der Waals surface area contributed by atoms with Crippen LogP contribution in [0.5, 0.6) is 11.5 Å². The Labute approximate surface area is 157 Å². The van der Waals surface area contributed by atoms with E-state index in [9.17, 15) is 0 Å². The maximum absolute atomic E-state index is 5.40. The molecular formula is C20H23N3O2S. The Kier molecular flexibility index (Phi) is 4.93. The predicted octanol–water partition coefficient (Wildman–Crippen LogP) is 4.59. The van der Waals surface area contributed by atoms with Crippen LogP contribution in [0.2, 0.25) is 0 Å². The maximum atomic E-state index is 5.40. The second-order valence-corrected chi connectivity index (χ2v) is 7.59. The molecule has 0 bridgehead atoms. The number of aromatic nitrogens is 2. The summed E-state index contributed by atoms with van der Waals surface area (Å²) in [5.41, 5.74) is 2.58. The zero-order valence-corrected chi connectivity index (χ0v) is 16.0. The first-order valence-corrected chi connectivity index (χ1v) is 9.82. The number of fused-ring (bicyclic) bond motifs is 3. The summed E-state index contributed by atoms with van der Waals surface area (Å²) in [6, 6.07) is 5.97. The molecule has 0 radical (unpaired) electrons. The number of aryl methyl sites for hydroxylation is 2. The van der Waals surface area contributed by atoms with Crippen LogP contribution in [-0.2, 0) is 19.4 Å². The van der Waals surface area contributed by atoms with Gasteiger partial charge in [-0.2, -0.15) is 0 Å². The first kappa shape index (κ1) is 17.1.